The number of fused-ring (bicyclic) bond motifs is 1. The molecule has 0 spiro atoms. The second-order valence-electron chi connectivity index (χ2n) is 7.18. The molecule has 9 heteroatoms. The van der Waals surface area contributed by atoms with Gasteiger partial charge in [-0.1, -0.05) is 0 Å². The van der Waals surface area contributed by atoms with Crippen molar-refractivity contribution in [1.82, 2.24) is 14.5 Å². The molecule has 27 heavy (non-hydrogen) atoms. The number of amidine groups is 1. The highest BCUT2D eigenvalue weighted by Crippen LogP contribution is 2.34. The predicted molar refractivity (Wildman–Crippen MR) is 94.9 cm³/mol. The Labute approximate surface area is 155 Å². The summed E-state index contributed by atoms with van der Waals surface area (Å²) in [5.41, 5.74) is 13.9. The average Bonchev–Trinajstić information content (AvgIpc) is 3.17. The van der Waals surface area contributed by atoms with E-state index in [0.717, 1.165) is 29.6 Å². The molecule has 0 radical (unpaired) electrons. The fraction of sp³-hybridized carbons (Fsp3) is 0.444. The Hall–Kier alpha value is -2.36. The van der Waals surface area contributed by atoms with Gasteiger partial charge in [-0.25, -0.2) is 13.8 Å². The van der Waals surface area contributed by atoms with Crippen LogP contribution in [-0.4, -0.2) is 39.0 Å². The average molecular weight is 376 g/mol. The Morgan fingerprint density at radius 1 is 1.33 bits per heavy atom. The van der Waals surface area contributed by atoms with Crippen molar-refractivity contribution < 1.29 is 13.5 Å². The maximum absolute atomic E-state index is 14.1. The van der Waals surface area contributed by atoms with Crippen molar-refractivity contribution in [2.75, 3.05) is 6.61 Å². The van der Waals surface area contributed by atoms with Gasteiger partial charge in [0.05, 0.1) is 18.0 Å². The van der Waals surface area contributed by atoms with Crippen LogP contribution in [0.2, 0.25) is 0 Å². The number of imidazole rings is 1. The van der Waals surface area contributed by atoms with Gasteiger partial charge < -0.3 is 20.8 Å². The number of halogens is 2. The van der Waals surface area contributed by atoms with Gasteiger partial charge in [0.15, 0.2) is 11.7 Å². The van der Waals surface area contributed by atoms with Crippen molar-refractivity contribution >= 4 is 5.84 Å². The molecule has 144 valence electrons. The summed E-state index contributed by atoms with van der Waals surface area (Å²) in [6.45, 7) is 1.66. The zero-order valence-corrected chi connectivity index (χ0v) is 15.0. The number of nitrogens with zero attached hydrogens (tertiary/aromatic N) is 3. The number of benzene rings is 1. The Bertz CT molecular complexity index is 898. The summed E-state index contributed by atoms with van der Waals surface area (Å²) in [4.78, 5) is 6.65. The topological polar surface area (TPSA) is 106 Å². The van der Waals surface area contributed by atoms with Gasteiger partial charge in [-0.2, -0.15) is 0 Å². The third-order valence-corrected chi connectivity index (χ3v) is 5.43. The molecule has 3 atom stereocenters. The van der Waals surface area contributed by atoms with E-state index in [-0.39, 0.29) is 17.4 Å². The minimum absolute atomic E-state index is 0.0542. The van der Waals surface area contributed by atoms with Gasteiger partial charge in [0.1, 0.15) is 17.7 Å². The molecule has 2 aliphatic heterocycles. The lowest BCUT2D eigenvalue weighted by Crippen LogP contribution is -2.48. The van der Waals surface area contributed by atoms with Gasteiger partial charge in [0, 0.05) is 37.8 Å². The molecular weight excluding hydrogens is 354 g/mol. The van der Waals surface area contributed by atoms with Crippen LogP contribution >= 0.6 is 0 Å². The monoisotopic (exact) mass is 376 g/mol. The van der Waals surface area contributed by atoms with Crippen LogP contribution in [0.5, 0.6) is 0 Å². The van der Waals surface area contributed by atoms with E-state index in [1.165, 1.54) is 0 Å². The van der Waals surface area contributed by atoms with Crippen LogP contribution in [0, 0.1) is 17.0 Å². The molecule has 1 aromatic carbocycles. The predicted octanol–water partition coefficient (Wildman–Crippen LogP) is 1.16. The number of nitrogens with one attached hydrogen (secondary N) is 1. The van der Waals surface area contributed by atoms with E-state index < -0.39 is 23.8 Å². The SMILES string of the molecule is Cn1c(C(=N)N)nc2c1CN(C1CO[C@H](c3cc(F)ccc3F)C(N)C1)C2. The smallest absolute Gasteiger partial charge is 0.175 e. The van der Waals surface area contributed by atoms with Crippen LogP contribution in [0.25, 0.3) is 0 Å². The lowest BCUT2D eigenvalue weighted by molar-refractivity contribution is -0.0535. The lowest BCUT2D eigenvalue weighted by atomic mass is 9.93. The van der Waals surface area contributed by atoms with Gasteiger partial charge in [-0.3, -0.25) is 10.3 Å². The first-order valence-electron chi connectivity index (χ1n) is 8.80. The number of aromatic nitrogens is 2. The number of hydrogen-bond donors (Lipinski definition) is 3. The van der Waals surface area contributed by atoms with E-state index in [0.29, 0.717) is 31.9 Å². The van der Waals surface area contributed by atoms with E-state index >= 15 is 0 Å². The molecule has 1 fully saturated rings. The van der Waals surface area contributed by atoms with E-state index in [2.05, 4.69) is 9.88 Å². The molecule has 5 N–H and O–H groups in total. The molecule has 2 aromatic rings. The van der Waals surface area contributed by atoms with Crippen LogP contribution < -0.4 is 11.5 Å². The maximum atomic E-state index is 14.1. The van der Waals surface area contributed by atoms with Crippen molar-refractivity contribution in [2.45, 2.75) is 37.7 Å². The van der Waals surface area contributed by atoms with Crippen LogP contribution in [0.4, 0.5) is 8.78 Å². The molecule has 1 saturated heterocycles. The largest absolute Gasteiger partial charge is 0.381 e. The van der Waals surface area contributed by atoms with Crippen LogP contribution in [0.3, 0.4) is 0 Å². The summed E-state index contributed by atoms with van der Waals surface area (Å²) in [6, 6.07) is 2.95. The molecule has 4 rings (SSSR count). The van der Waals surface area contributed by atoms with E-state index in [4.69, 9.17) is 21.6 Å². The molecule has 0 aliphatic carbocycles. The first kappa shape index (κ1) is 18.0. The Kier molecular flexibility index (Phi) is 4.45. The fourth-order valence-corrected chi connectivity index (χ4v) is 4.00. The first-order valence-corrected chi connectivity index (χ1v) is 8.80. The molecule has 1 aromatic heterocycles. The van der Waals surface area contributed by atoms with Crippen molar-refractivity contribution in [3.05, 3.63) is 52.6 Å². The normalized spacial score (nSPS) is 25.6. The number of hydrogen-bond acceptors (Lipinski definition) is 5. The highest BCUT2D eigenvalue weighted by atomic mass is 19.1. The maximum Gasteiger partial charge on any atom is 0.175 e. The fourth-order valence-electron chi connectivity index (χ4n) is 4.00. The Morgan fingerprint density at radius 2 is 2.11 bits per heavy atom. The number of nitrogen functional groups attached to an aromatic ring is 1. The summed E-state index contributed by atoms with van der Waals surface area (Å²) in [6.07, 6.45) is -0.0573. The highest BCUT2D eigenvalue weighted by Gasteiger charge is 2.37. The van der Waals surface area contributed by atoms with Crippen LogP contribution in [0.1, 0.15) is 35.3 Å². The second-order valence-corrected chi connectivity index (χ2v) is 7.18. The van der Waals surface area contributed by atoms with Gasteiger partial charge >= 0.3 is 0 Å². The molecular formula is C18H22F2N6O. The molecule has 0 bridgehead atoms. The number of rotatable bonds is 3. The minimum Gasteiger partial charge on any atom is -0.381 e. The van der Waals surface area contributed by atoms with E-state index in [1.54, 1.807) is 0 Å². The molecule has 2 unspecified atom stereocenters. The second kappa shape index (κ2) is 6.66. The Morgan fingerprint density at radius 3 is 2.78 bits per heavy atom. The molecule has 0 amide bonds. The van der Waals surface area contributed by atoms with Crippen LogP contribution in [-0.2, 0) is 24.9 Å². The standard InChI is InChI=1S/C18H22F2N6O/c1-25-15-7-26(6-14(15)24-18(25)17(22)23)10-5-13(21)16(27-8-10)11-4-9(19)2-3-12(11)20/h2-4,10,13,16H,5-8,21H2,1H3,(H3,22,23)/t10?,13?,16-/m1/s1. The van der Waals surface area contributed by atoms with Gasteiger partial charge in [-0.15, -0.1) is 0 Å². The van der Waals surface area contributed by atoms with Crippen LogP contribution in [0.15, 0.2) is 18.2 Å². The summed E-state index contributed by atoms with van der Waals surface area (Å²) < 4.78 is 35.2. The number of ether oxygens (including phenoxy) is 1. The van der Waals surface area contributed by atoms with Gasteiger partial charge in [-0.05, 0) is 24.6 Å². The van der Waals surface area contributed by atoms with E-state index in [1.807, 2.05) is 11.6 Å². The van der Waals surface area contributed by atoms with Crippen molar-refractivity contribution in [2.24, 2.45) is 18.5 Å². The third kappa shape index (κ3) is 3.11. The lowest BCUT2D eigenvalue weighted by Gasteiger charge is -2.38. The minimum atomic E-state index is -0.663. The number of nitrogens with two attached hydrogens (primary N) is 2. The van der Waals surface area contributed by atoms with Gasteiger partial charge in [0.2, 0.25) is 0 Å². The Balaban J connectivity index is 1.46. The van der Waals surface area contributed by atoms with E-state index in [9.17, 15) is 8.78 Å². The summed E-state index contributed by atoms with van der Waals surface area (Å²) in [5, 5.41) is 7.58. The molecule has 0 saturated carbocycles. The zero-order valence-electron chi connectivity index (χ0n) is 15.0. The highest BCUT2D eigenvalue weighted by molar-refractivity contribution is 5.91. The third-order valence-electron chi connectivity index (χ3n) is 5.43. The molecule has 7 nitrogen and oxygen atoms in total. The molecule has 2 aliphatic rings. The van der Waals surface area contributed by atoms with Crippen molar-refractivity contribution in [3.63, 3.8) is 0 Å². The summed E-state index contributed by atoms with van der Waals surface area (Å²) in [5.74, 6) is -0.601. The first-order chi connectivity index (χ1) is 12.8. The van der Waals surface area contributed by atoms with Crippen molar-refractivity contribution in [3.8, 4) is 0 Å². The van der Waals surface area contributed by atoms with Crippen molar-refractivity contribution in [1.29, 1.82) is 5.41 Å². The quantitative estimate of drug-likeness (QED) is 0.551. The summed E-state index contributed by atoms with van der Waals surface area (Å²) >= 11 is 0. The molecule has 3 heterocycles. The van der Waals surface area contributed by atoms with Gasteiger partial charge in [0.25, 0.3) is 0 Å². The summed E-state index contributed by atoms with van der Waals surface area (Å²) in [7, 11) is 1.85. The zero-order chi connectivity index (χ0) is 19.3.